The molecule has 3 rings (SSSR count). The third kappa shape index (κ3) is 3.93. The molecule has 1 saturated heterocycles. The predicted molar refractivity (Wildman–Crippen MR) is 101 cm³/mol. The minimum atomic E-state index is -0.707. The molecule has 0 bridgehead atoms. The second-order valence-corrected chi connectivity index (χ2v) is 7.32. The monoisotopic (exact) mass is 337 g/mol. The van der Waals surface area contributed by atoms with Crippen molar-refractivity contribution in [3.63, 3.8) is 0 Å². The van der Waals surface area contributed by atoms with Gasteiger partial charge in [0.25, 0.3) is 0 Å². The summed E-state index contributed by atoms with van der Waals surface area (Å²) >= 11 is 0. The number of nitrogens with zero attached hydrogens (tertiary/aromatic N) is 1. The van der Waals surface area contributed by atoms with Gasteiger partial charge >= 0.3 is 5.97 Å². The summed E-state index contributed by atoms with van der Waals surface area (Å²) in [7, 11) is 0. The predicted octanol–water partition coefficient (Wildman–Crippen LogP) is 4.64. The van der Waals surface area contributed by atoms with Crippen molar-refractivity contribution < 1.29 is 9.90 Å². The van der Waals surface area contributed by atoms with Gasteiger partial charge in [0.15, 0.2) is 0 Å². The van der Waals surface area contributed by atoms with E-state index in [2.05, 4.69) is 68.1 Å². The maximum Gasteiger partial charge on any atom is 0.320 e. The highest BCUT2D eigenvalue weighted by molar-refractivity contribution is 5.73. The van der Waals surface area contributed by atoms with E-state index < -0.39 is 12.0 Å². The molecule has 0 spiro atoms. The minimum absolute atomic E-state index is 0.0133. The molecule has 2 aromatic carbocycles. The van der Waals surface area contributed by atoms with Gasteiger partial charge in [-0.2, -0.15) is 0 Å². The van der Waals surface area contributed by atoms with E-state index in [1.807, 2.05) is 0 Å². The van der Waals surface area contributed by atoms with Gasteiger partial charge in [-0.3, -0.25) is 9.69 Å². The number of piperidine rings is 1. The van der Waals surface area contributed by atoms with Crippen LogP contribution in [0.4, 0.5) is 0 Å². The van der Waals surface area contributed by atoms with E-state index in [9.17, 15) is 9.90 Å². The lowest BCUT2D eigenvalue weighted by Gasteiger charge is -2.40. The van der Waals surface area contributed by atoms with Gasteiger partial charge in [0.2, 0.25) is 0 Å². The standard InChI is InChI=1S/C22H27NO2/c1-15-7-9-18(10-8-15)21(19-13-16(2)12-17(3)14-19)23-11-5-4-6-20(23)22(24)25/h7-10,12-14,20-21H,4-6,11H2,1-3H3,(H,24,25). The van der Waals surface area contributed by atoms with Gasteiger partial charge in [0.1, 0.15) is 6.04 Å². The van der Waals surface area contributed by atoms with E-state index >= 15 is 0 Å². The van der Waals surface area contributed by atoms with E-state index in [1.54, 1.807) is 0 Å². The van der Waals surface area contributed by atoms with Crippen molar-refractivity contribution in [1.82, 2.24) is 4.90 Å². The molecular formula is C22H27NO2. The summed E-state index contributed by atoms with van der Waals surface area (Å²) in [5.74, 6) is -0.707. The lowest BCUT2D eigenvalue weighted by atomic mass is 9.90. The fourth-order valence-electron chi connectivity index (χ4n) is 4.02. The van der Waals surface area contributed by atoms with Crippen molar-refractivity contribution in [3.8, 4) is 0 Å². The third-order valence-electron chi connectivity index (χ3n) is 5.11. The molecule has 2 unspecified atom stereocenters. The molecule has 0 aromatic heterocycles. The SMILES string of the molecule is Cc1ccc(C(c2cc(C)cc(C)c2)N2CCCCC2C(=O)O)cc1. The fourth-order valence-corrected chi connectivity index (χ4v) is 4.02. The van der Waals surface area contributed by atoms with Gasteiger partial charge in [-0.05, 0) is 51.3 Å². The van der Waals surface area contributed by atoms with E-state index in [-0.39, 0.29) is 6.04 Å². The Hall–Kier alpha value is -2.13. The first-order valence-corrected chi connectivity index (χ1v) is 9.09. The molecule has 1 N–H and O–H groups in total. The summed E-state index contributed by atoms with van der Waals surface area (Å²) in [5.41, 5.74) is 6.02. The van der Waals surface area contributed by atoms with Crippen LogP contribution in [-0.4, -0.2) is 28.6 Å². The molecule has 2 aromatic rings. The minimum Gasteiger partial charge on any atom is -0.480 e. The molecule has 1 fully saturated rings. The second kappa shape index (κ2) is 7.40. The van der Waals surface area contributed by atoms with Gasteiger partial charge in [-0.15, -0.1) is 0 Å². The average molecular weight is 337 g/mol. The van der Waals surface area contributed by atoms with Gasteiger partial charge in [0.05, 0.1) is 6.04 Å². The Balaban J connectivity index is 2.10. The van der Waals surface area contributed by atoms with Crippen molar-refractivity contribution >= 4 is 5.97 Å². The highest BCUT2D eigenvalue weighted by atomic mass is 16.4. The smallest absolute Gasteiger partial charge is 0.320 e. The number of rotatable bonds is 4. The third-order valence-corrected chi connectivity index (χ3v) is 5.11. The number of aliphatic carboxylic acids is 1. The van der Waals surface area contributed by atoms with Crippen LogP contribution in [0.1, 0.15) is 53.1 Å². The van der Waals surface area contributed by atoms with E-state index in [0.717, 1.165) is 25.8 Å². The zero-order chi connectivity index (χ0) is 18.0. The number of carbonyl (C=O) groups is 1. The molecule has 3 nitrogen and oxygen atoms in total. The Bertz CT molecular complexity index is 731. The molecular weight excluding hydrogens is 310 g/mol. The van der Waals surface area contributed by atoms with Gasteiger partial charge in [-0.1, -0.05) is 65.6 Å². The Morgan fingerprint density at radius 3 is 2.20 bits per heavy atom. The van der Waals surface area contributed by atoms with Crippen molar-refractivity contribution in [2.45, 2.75) is 52.1 Å². The summed E-state index contributed by atoms with van der Waals surface area (Å²) in [4.78, 5) is 14.1. The zero-order valence-electron chi connectivity index (χ0n) is 15.3. The maximum absolute atomic E-state index is 11.9. The van der Waals surface area contributed by atoms with Crippen LogP contribution in [0.3, 0.4) is 0 Å². The topological polar surface area (TPSA) is 40.5 Å². The molecule has 25 heavy (non-hydrogen) atoms. The van der Waals surface area contributed by atoms with Crippen molar-refractivity contribution in [3.05, 3.63) is 70.3 Å². The number of hydrogen-bond acceptors (Lipinski definition) is 2. The number of benzene rings is 2. The lowest BCUT2D eigenvalue weighted by molar-refractivity contribution is -0.145. The van der Waals surface area contributed by atoms with E-state index in [1.165, 1.54) is 27.8 Å². The maximum atomic E-state index is 11.9. The highest BCUT2D eigenvalue weighted by Gasteiger charge is 2.35. The average Bonchev–Trinajstić information content (AvgIpc) is 2.56. The molecule has 2 atom stereocenters. The Morgan fingerprint density at radius 1 is 0.960 bits per heavy atom. The molecule has 1 aliphatic rings. The molecule has 0 radical (unpaired) electrons. The van der Waals surface area contributed by atoms with E-state index in [0.29, 0.717) is 0 Å². The quantitative estimate of drug-likeness (QED) is 0.883. The number of aryl methyl sites for hydroxylation is 3. The van der Waals surface area contributed by atoms with Crippen LogP contribution in [0.5, 0.6) is 0 Å². The summed E-state index contributed by atoms with van der Waals surface area (Å²) in [6, 6.07) is 14.7. The molecule has 1 aliphatic heterocycles. The zero-order valence-corrected chi connectivity index (χ0v) is 15.3. The Morgan fingerprint density at radius 2 is 1.60 bits per heavy atom. The van der Waals surface area contributed by atoms with Gasteiger partial charge < -0.3 is 5.11 Å². The largest absolute Gasteiger partial charge is 0.480 e. The molecule has 3 heteroatoms. The highest BCUT2D eigenvalue weighted by Crippen LogP contribution is 2.35. The van der Waals surface area contributed by atoms with E-state index in [4.69, 9.17) is 0 Å². The van der Waals surface area contributed by atoms with Crippen LogP contribution in [0.15, 0.2) is 42.5 Å². The van der Waals surface area contributed by atoms with Crippen LogP contribution >= 0.6 is 0 Å². The lowest BCUT2D eigenvalue weighted by Crippen LogP contribution is -2.46. The first-order valence-electron chi connectivity index (χ1n) is 9.09. The molecule has 1 heterocycles. The summed E-state index contributed by atoms with van der Waals surface area (Å²) in [6.07, 6.45) is 2.76. The summed E-state index contributed by atoms with van der Waals surface area (Å²) in [6.45, 7) is 7.11. The Labute approximate surface area is 150 Å². The van der Waals surface area contributed by atoms with Crippen LogP contribution in [0, 0.1) is 20.8 Å². The number of carboxylic acid groups (broad SMARTS) is 1. The van der Waals surface area contributed by atoms with Crippen LogP contribution in [-0.2, 0) is 4.79 Å². The normalized spacial score (nSPS) is 19.6. The van der Waals surface area contributed by atoms with Gasteiger partial charge in [-0.25, -0.2) is 0 Å². The number of likely N-dealkylation sites (tertiary alicyclic amines) is 1. The first kappa shape index (κ1) is 17.7. The van der Waals surface area contributed by atoms with Crippen molar-refractivity contribution in [1.29, 1.82) is 0 Å². The van der Waals surface area contributed by atoms with Gasteiger partial charge in [0, 0.05) is 0 Å². The molecule has 132 valence electrons. The second-order valence-electron chi connectivity index (χ2n) is 7.32. The Kier molecular flexibility index (Phi) is 5.24. The van der Waals surface area contributed by atoms with Crippen molar-refractivity contribution in [2.75, 3.05) is 6.54 Å². The first-order chi connectivity index (χ1) is 12.0. The van der Waals surface area contributed by atoms with Crippen molar-refractivity contribution in [2.24, 2.45) is 0 Å². The molecule has 0 saturated carbocycles. The fraction of sp³-hybridized carbons (Fsp3) is 0.409. The van der Waals surface area contributed by atoms with Crippen LogP contribution < -0.4 is 0 Å². The summed E-state index contributed by atoms with van der Waals surface area (Å²) in [5, 5.41) is 9.76. The number of hydrogen-bond donors (Lipinski definition) is 1. The van der Waals surface area contributed by atoms with Crippen LogP contribution in [0.2, 0.25) is 0 Å². The summed E-state index contributed by atoms with van der Waals surface area (Å²) < 4.78 is 0. The molecule has 0 aliphatic carbocycles. The number of carboxylic acids is 1. The molecule has 0 amide bonds. The van der Waals surface area contributed by atoms with Crippen LogP contribution in [0.25, 0.3) is 0 Å².